The number of aliphatic hydroxyl groups is 1. The number of ketones is 1. The van der Waals surface area contributed by atoms with Crippen molar-refractivity contribution < 1.29 is 29.4 Å². The van der Waals surface area contributed by atoms with Crippen LogP contribution in [0.3, 0.4) is 0 Å². The molecule has 0 aromatic rings. The molecule has 3 fully saturated rings. The normalized spacial score (nSPS) is 40.8. The highest BCUT2D eigenvalue weighted by Crippen LogP contribution is 2.67. The molecule has 0 radical (unpaired) electrons. The fourth-order valence-electron chi connectivity index (χ4n) is 7.64. The number of fused-ring (bicyclic) bond motifs is 5. The van der Waals surface area contributed by atoms with Crippen LogP contribution in [0, 0.1) is 28.6 Å². The summed E-state index contributed by atoms with van der Waals surface area (Å²) in [7, 11) is 0. The lowest BCUT2D eigenvalue weighted by molar-refractivity contribution is -0.159. The largest absolute Gasteiger partial charge is 0.480 e. The predicted molar refractivity (Wildman–Crippen MR) is 121 cm³/mol. The summed E-state index contributed by atoms with van der Waals surface area (Å²) < 4.78 is 0. The fourth-order valence-corrected chi connectivity index (χ4v) is 7.64. The van der Waals surface area contributed by atoms with Crippen molar-refractivity contribution in [1.29, 1.82) is 0 Å². The lowest BCUT2D eigenvalue weighted by Gasteiger charge is -2.59. The van der Waals surface area contributed by atoms with Crippen molar-refractivity contribution in [3.63, 3.8) is 0 Å². The first-order valence-corrected chi connectivity index (χ1v) is 12.1. The number of oxime groups is 1. The molecule has 4 rings (SSSR count). The Hall–Kier alpha value is -2.22. The van der Waals surface area contributed by atoms with Crippen LogP contribution in [0.15, 0.2) is 16.8 Å². The van der Waals surface area contributed by atoms with Crippen LogP contribution in [-0.4, -0.2) is 52.3 Å². The van der Waals surface area contributed by atoms with E-state index >= 15 is 0 Å². The van der Waals surface area contributed by atoms with Gasteiger partial charge < -0.3 is 20.4 Å². The van der Waals surface area contributed by atoms with Gasteiger partial charge in [-0.1, -0.05) is 24.6 Å². The van der Waals surface area contributed by atoms with Gasteiger partial charge in [0.05, 0.1) is 5.71 Å². The van der Waals surface area contributed by atoms with Crippen molar-refractivity contribution in [1.82, 2.24) is 5.32 Å². The molecule has 0 aliphatic heterocycles. The van der Waals surface area contributed by atoms with Gasteiger partial charge in [0.25, 0.3) is 5.91 Å². The molecule has 182 valence electrons. The van der Waals surface area contributed by atoms with E-state index in [4.69, 9.17) is 9.94 Å². The van der Waals surface area contributed by atoms with Gasteiger partial charge in [-0.3, -0.25) is 14.4 Å². The first-order chi connectivity index (χ1) is 15.5. The molecule has 0 aromatic carbocycles. The van der Waals surface area contributed by atoms with E-state index in [1.54, 1.807) is 6.92 Å². The summed E-state index contributed by atoms with van der Waals surface area (Å²) in [6, 6.07) is 0. The molecular weight excluding hydrogens is 424 g/mol. The van der Waals surface area contributed by atoms with E-state index < -0.39 is 24.0 Å². The summed E-state index contributed by atoms with van der Waals surface area (Å²) in [5, 5.41) is 26.3. The Labute approximate surface area is 194 Å². The van der Waals surface area contributed by atoms with Crippen LogP contribution in [0.2, 0.25) is 0 Å². The number of nitrogens with one attached hydrogen (secondary N) is 1. The third-order valence-corrected chi connectivity index (χ3v) is 9.53. The number of Topliss-reactive ketones (excluding diaryl/α,β-unsaturated/α-hetero) is 1. The van der Waals surface area contributed by atoms with Crippen LogP contribution in [0.1, 0.15) is 72.1 Å². The zero-order valence-electron chi connectivity index (χ0n) is 19.9. The second-order valence-corrected chi connectivity index (χ2v) is 10.9. The molecule has 8 nitrogen and oxygen atoms in total. The van der Waals surface area contributed by atoms with Crippen LogP contribution in [0.4, 0.5) is 0 Å². The molecule has 6 atom stereocenters. The minimum atomic E-state index is -1.18. The average molecular weight is 461 g/mol. The average Bonchev–Trinajstić information content (AvgIpc) is 3.04. The topological polar surface area (TPSA) is 125 Å². The molecule has 8 heteroatoms. The molecule has 4 aliphatic rings. The SMILES string of the molecule is CC(=O)[C@]1(O)CC[C@@H]2[C@H]3CCC4=C/C(=N\OCC(=O)NCC(=O)O)CC[C@@]4(C)[C@@H]3CC[C@]21C. The van der Waals surface area contributed by atoms with Gasteiger partial charge in [-0.25, -0.2) is 0 Å². The predicted octanol–water partition coefficient (Wildman–Crippen LogP) is 2.84. The van der Waals surface area contributed by atoms with E-state index in [0.717, 1.165) is 50.7 Å². The van der Waals surface area contributed by atoms with Crippen molar-refractivity contribution in [2.75, 3.05) is 13.2 Å². The highest BCUT2D eigenvalue weighted by atomic mass is 16.6. The fraction of sp³-hybridized carbons (Fsp3) is 0.760. The van der Waals surface area contributed by atoms with Crippen molar-refractivity contribution in [2.24, 2.45) is 33.7 Å². The van der Waals surface area contributed by atoms with Crippen LogP contribution >= 0.6 is 0 Å². The molecule has 0 heterocycles. The Kier molecular flexibility index (Phi) is 6.18. The monoisotopic (exact) mass is 460 g/mol. The summed E-state index contributed by atoms with van der Waals surface area (Å²) in [4.78, 5) is 39.7. The molecule has 1 amide bonds. The van der Waals surface area contributed by atoms with Gasteiger partial charge in [0, 0.05) is 5.41 Å². The number of hydrogen-bond acceptors (Lipinski definition) is 6. The molecule has 4 aliphatic carbocycles. The van der Waals surface area contributed by atoms with E-state index in [9.17, 15) is 19.5 Å². The van der Waals surface area contributed by atoms with Crippen molar-refractivity contribution in [3.8, 4) is 0 Å². The van der Waals surface area contributed by atoms with E-state index in [-0.39, 0.29) is 23.2 Å². The van der Waals surface area contributed by atoms with Crippen LogP contribution in [0.25, 0.3) is 0 Å². The highest BCUT2D eigenvalue weighted by molar-refractivity contribution is 5.96. The molecule has 3 saturated carbocycles. The Morgan fingerprint density at radius 1 is 1.12 bits per heavy atom. The number of amides is 1. The summed E-state index contributed by atoms with van der Waals surface area (Å²) in [5.74, 6) is -0.257. The number of carbonyl (C=O) groups is 3. The third kappa shape index (κ3) is 3.90. The molecule has 0 aromatic heterocycles. The smallest absolute Gasteiger partial charge is 0.322 e. The summed E-state index contributed by atoms with van der Waals surface area (Å²) in [6.45, 7) is 5.31. The molecule has 3 N–H and O–H groups in total. The van der Waals surface area contributed by atoms with E-state index in [1.807, 2.05) is 0 Å². The maximum Gasteiger partial charge on any atom is 0.322 e. The number of allylic oxidation sites excluding steroid dienone is 2. The van der Waals surface area contributed by atoms with Crippen LogP contribution < -0.4 is 5.32 Å². The Balaban J connectivity index is 1.45. The minimum Gasteiger partial charge on any atom is -0.480 e. The summed E-state index contributed by atoms with van der Waals surface area (Å²) >= 11 is 0. The minimum absolute atomic E-state index is 0.0799. The van der Waals surface area contributed by atoms with Crippen LogP contribution in [0.5, 0.6) is 0 Å². The number of nitrogens with zero attached hydrogens (tertiary/aromatic N) is 1. The molecule has 0 unspecified atom stereocenters. The third-order valence-electron chi connectivity index (χ3n) is 9.53. The van der Waals surface area contributed by atoms with Gasteiger partial charge in [0.2, 0.25) is 0 Å². The van der Waals surface area contributed by atoms with E-state index in [2.05, 4.69) is 30.4 Å². The Morgan fingerprint density at radius 3 is 2.55 bits per heavy atom. The number of rotatable bonds is 6. The molecule has 0 saturated heterocycles. The van der Waals surface area contributed by atoms with Crippen LogP contribution in [-0.2, 0) is 19.2 Å². The number of carboxylic acids is 1. The first kappa shape index (κ1) is 23.9. The maximum absolute atomic E-state index is 12.4. The quantitative estimate of drug-likeness (QED) is 0.524. The zero-order chi connectivity index (χ0) is 24.0. The van der Waals surface area contributed by atoms with E-state index in [1.165, 1.54) is 5.57 Å². The number of carbonyl (C=O) groups excluding carboxylic acids is 2. The second-order valence-electron chi connectivity index (χ2n) is 10.9. The molecular formula is C25H36N2O6. The van der Waals surface area contributed by atoms with Gasteiger partial charge in [0.15, 0.2) is 12.4 Å². The van der Waals surface area contributed by atoms with Gasteiger partial charge >= 0.3 is 5.97 Å². The summed E-state index contributed by atoms with van der Waals surface area (Å²) in [5.41, 5.74) is 0.781. The highest BCUT2D eigenvalue weighted by Gasteiger charge is 2.65. The first-order valence-electron chi connectivity index (χ1n) is 12.1. The number of carboxylic acid groups (broad SMARTS) is 1. The molecule has 0 spiro atoms. The standard InChI is InChI=1S/C25H36N2O6/c1-15(28)25(32)11-8-20-18-5-4-16-12-17(27-33-14-21(29)26-13-22(30)31)6-9-23(16,2)19(18)7-10-24(20,25)3/h12,18-20,32H,4-11,13-14H2,1-3H3,(H,26,29)(H,30,31)/b27-17-/t18-,19+,20+,23+,24+,25+/m0/s1. The van der Waals surface area contributed by atoms with Crippen molar-refractivity contribution >= 4 is 23.4 Å². The lowest BCUT2D eigenvalue weighted by Crippen LogP contribution is -2.57. The second kappa shape index (κ2) is 8.53. The van der Waals surface area contributed by atoms with Gasteiger partial charge in [-0.05, 0) is 87.5 Å². The van der Waals surface area contributed by atoms with E-state index in [0.29, 0.717) is 24.2 Å². The molecule has 33 heavy (non-hydrogen) atoms. The summed E-state index contributed by atoms with van der Waals surface area (Å²) in [6.07, 6.45) is 9.30. The number of hydrogen-bond donors (Lipinski definition) is 3. The van der Waals surface area contributed by atoms with Crippen molar-refractivity contribution in [3.05, 3.63) is 11.6 Å². The lowest BCUT2D eigenvalue weighted by atomic mass is 9.46. The molecule has 0 bridgehead atoms. The van der Waals surface area contributed by atoms with Crippen molar-refractivity contribution in [2.45, 2.75) is 77.7 Å². The maximum atomic E-state index is 12.4. The van der Waals surface area contributed by atoms with Gasteiger partial charge in [-0.2, -0.15) is 0 Å². The Morgan fingerprint density at radius 2 is 1.85 bits per heavy atom. The number of aliphatic carboxylic acids is 1. The van der Waals surface area contributed by atoms with Gasteiger partial charge in [-0.15, -0.1) is 0 Å². The Bertz CT molecular complexity index is 913. The zero-order valence-corrected chi connectivity index (χ0v) is 19.9. The van der Waals surface area contributed by atoms with Gasteiger partial charge in [0.1, 0.15) is 12.1 Å².